The zero-order valence-electron chi connectivity index (χ0n) is 6.92. The molecule has 0 radical (unpaired) electrons. The lowest BCUT2D eigenvalue weighted by Gasteiger charge is -1.99. The molecule has 2 aromatic rings. The minimum Gasteiger partial charge on any atom is -0.286 e. The summed E-state index contributed by atoms with van der Waals surface area (Å²) < 4.78 is 34.6. The summed E-state index contributed by atoms with van der Waals surface area (Å²) >= 11 is 0. The summed E-state index contributed by atoms with van der Waals surface area (Å²) in [5, 5.41) is 11.2. The summed E-state index contributed by atoms with van der Waals surface area (Å²) in [4.78, 5) is 0. The fraction of sp³-hybridized carbons (Fsp3) is 0.143. The number of aromatic amines is 2. The molecule has 14 heavy (non-hydrogen) atoms. The van der Waals surface area contributed by atoms with Gasteiger partial charge in [0.05, 0.1) is 0 Å². The fourth-order valence-electron chi connectivity index (χ4n) is 0.629. The van der Waals surface area contributed by atoms with E-state index in [1.54, 1.807) is 17.5 Å². The number of aromatic nitrogens is 4. The summed E-state index contributed by atoms with van der Waals surface area (Å²) in [6, 6.07) is 2.71. The van der Waals surface area contributed by atoms with E-state index in [1.165, 1.54) is 0 Å². The van der Waals surface area contributed by atoms with Crippen LogP contribution in [0.2, 0.25) is 0 Å². The van der Waals surface area contributed by atoms with Crippen molar-refractivity contribution in [1.82, 2.24) is 20.4 Å². The molecule has 2 heterocycles. The third-order valence-electron chi connectivity index (χ3n) is 1.21. The summed E-state index contributed by atoms with van der Waals surface area (Å²) in [6.45, 7) is 0. The van der Waals surface area contributed by atoms with Crippen LogP contribution >= 0.6 is 0 Å². The van der Waals surface area contributed by atoms with Crippen LogP contribution in [-0.4, -0.2) is 20.4 Å². The van der Waals surface area contributed by atoms with Crippen LogP contribution in [0.3, 0.4) is 0 Å². The Bertz CT molecular complexity index is 307. The molecule has 0 amide bonds. The number of nitrogens with zero attached hydrogens (tertiary/aromatic N) is 2. The molecular formula is C7H7F3N4. The zero-order valence-corrected chi connectivity index (χ0v) is 6.92. The second-order valence-electron chi connectivity index (χ2n) is 2.23. The lowest BCUT2D eigenvalue weighted by atomic mass is 10.4. The molecule has 0 atom stereocenters. The maximum atomic E-state index is 11.5. The molecule has 4 nitrogen and oxygen atoms in total. The van der Waals surface area contributed by atoms with E-state index in [9.17, 15) is 13.2 Å². The number of H-pyrrole nitrogens is 2. The number of rotatable bonds is 0. The first-order chi connectivity index (χ1) is 6.61. The molecule has 0 unspecified atom stereocenters. The first kappa shape index (κ1) is 10.3. The average molecular weight is 204 g/mol. The van der Waals surface area contributed by atoms with Crippen molar-refractivity contribution in [2.45, 2.75) is 6.18 Å². The average Bonchev–Trinajstić information content (AvgIpc) is 2.80. The molecule has 2 rings (SSSR count). The van der Waals surface area contributed by atoms with Gasteiger partial charge in [0.25, 0.3) is 0 Å². The maximum absolute atomic E-state index is 11.5. The summed E-state index contributed by atoms with van der Waals surface area (Å²) in [6.07, 6.45) is 0.222. The molecule has 2 N–H and O–H groups in total. The summed E-state index contributed by atoms with van der Waals surface area (Å²) in [5.41, 5.74) is -0.817. The molecule has 0 saturated heterocycles. The largest absolute Gasteiger partial charge is 0.432 e. The molecule has 0 bridgehead atoms. The lowest BCUT2D eigenvalue weighted by molar-refractivity contribution is -0.141. The van der Waals surface area contributed by atoms with Gasteiger partial charge in [0.15, 0.2) is 0 Å². The van der Waals surface area contributed by atoms with Gasteiger partial charge in [-0.3, -0.25) is 10.2 Å². The van der Waals surface area contributed by atoms with Crippen molar-refractivity contribution in [3.63, 3.8) is 0 Å². The van der Waals surface area contributed by atoms with Crippen LogP contribution < -0.4 is 0 Å². The van der Waals surface area contributed by atoms with Gasteiger partial charge in [0, 0.05) is 18.6 Å². The van der Waals surface area contributed by atoms with Crippen molar-refractivity contribution < 1.29 is 13.2 Å². The topological polar surface area (TPSA) is 57.4 Å². The van der Waals surface area contributed by atoms with E-state index < -0.39 is 11.9 Å². The molecule has 0 fully saturated rings. The van der Waals surface area contributed by atoms with E-state index in [4.69, 9.17) is 0 Å². The van der Waals surface area contributed by atoms with Crippen molar-refractivity contribution in [1.29, 1.82) is 0 Å². The van der Waals surface area contributed by atoms with E-state index in [0.29, 0.717) is 0 Å². The van der Waals surface area contributed by atoms with Crippen LogP contribution in [0.4, 0.5) is 13.2 Å². The second-order valence-corrected chi connectivity index (χ2v) is 2.23. The molecule has 0 aliphatic rings. The zero-order chi connectivity index (χ0) is 10.4. The molecule has 7 heteroatoms. The minimum absolute atomic E-state index is 0.817. The quantitative estimate of drug-likeness (QED) is 0.687. The minimum atomic E-state index is -4.30. The molecule has 0 aliphatic heterocycles. The number of hydrogen-bond acceptors (Lipinski definition) is 2. The van der Waals surface area contributed by atoms with Gasteiger partial charge in [-0.2, -0.15) is 23.4 Å². The molecule has 0 aliphatic carbocycles. The Morgan fingerprint density at radius 2 is 1.93 bits per heavy atom. The Labute approximate surface area is 77.2 Å². The van der Waals surface area contributed by atoms with Crippen LogP contribution in [0.1, 0.15) is 5.69 Å². The van der Waals surface area contributed by atoms with Crippen molar-refractivity contribution in [3.8, 4) is 0 Å². The Balaban J connectivity index is 0.000000165. The Morgan fingerprint density at radius 1 is 1.14 bits per heavy atom. The van der Waals surface area contributed by atoms with Gasteiger partial charge >= 0.3 is 6.18 Å². The van der Waals surface area contributed by atoms with E-state index >= 15 is 0 Å². The maximum Gasteiger partial charge on any atom is 0.432 e. The van der Waals surface area contributed by atoms with E-state index in [2.05, 4.69) is 15.3 Å². The van der Waals surface area contributed by atoms with Crippen LogP contribution in [0.15, 0.2) is 30.7 Å². The Hall–Kier alpha value is -1.79. The van der Waals surface area contributed by atoms with Gasteiger partial charge in [-0.25, -0.2) is 0 Å². The highest BCUT2D eigenvalue weighted by Crippen LogP contribution is 2.26. The Morgan fingerprint density at radius 3 is 2.14 bits per heavy atom. The molecular weight excluding hydrogens is 197 g/mol. The number of alkyl halides is 3. The predicted octanol–water partition coefficient (Wildman–Crippen LogP) is 1.84. The van der Waals surface area contributed by atoms with Crippen LogP contribution in [-0.2, 0) is 6.18 Å². The molecule has 0 saturated carbocycles. The third-order valence-corrected chi connectivity index (χ3v) is 1.21. The summed E-state index contributed by atoms with van der Waals surface area (Å²) in [7, 11) is 0. The second kappa shape index (κ2) is 4.45. The first-order valence-corrected chi connectivity index (χ1v) is 3.61. The van der Waals surface area contributed by atoms with Gasteiger partial charge in [-0.15, -0.1) is 0 Å². The monoisotopic (exact) mass is 204 g/mol. The smallest absolute Gasteiger partial charge is 0.286 e. The van der Waals surface area contributed by atoms with Gasteiger partial charge in [0.1, 0.15) is 5.69 Å². The van der Waals surface area contributed by atoms with Crippen molar-refractivity contribution in [2.75, 3.05) is 0 Å². The SMILES string of the molecule is FC(F)(F)c1ccn[nH]1.c1cn[nH]c1. The molecule has 2 aromatic heterocycles. The third kappa shape index (κ3) is 3.30. The van der Waals surface area contributed by atoms with E-state index in [-0.39, 0.29) is 0 Å². The highest BCUT2D eigenvalue weighted by molar-refractivity contribution is 5.01. The van der Waals surface area contributed by atoms with E-state index in [1.807, 2.05) is 6.07 Å². The number of nitrogens with one attached hydrogen (secondary N) is 2. The molecule has 76 valence electrons. The normalized spacial score (nSPS) is 10.5. The van der Waals surface area contributed by atoms with Gasteiger partial charge in [-0.1, -0.05) is 0 Å². The molecule has 0 aromatic carbocycles. The van der Waals surface area contributed by atoms with Crippen molar-refractivity contribution >= 4 is 0 Å². The van der Waals surface area contributed by atoms with Gasteiger partial charge in [-0.05, 0) is 12.1 Å². The van der Waals surface area contributed by atoms with Crippen molar-refractivity contribution in [2.24, 2.45) is 0 Å². The standard InChI is InChI=1S/C4H3F3N2.C3H4N2/c5-4(6,7)3-1-2-8-9-3;1-2-4-5-3-1/h1-2H,(H,8,9);1-3H,(H,4,5). The lowest BCUT2D eigenvalue weighted by Crippen LogP contribution is -2.04. The predicted molar refractivity (Wildman–Crippen MR) is 42.2 cm³/mol. The van der Waals surface area contributed by atoms with Gasteiger partial charge < -0.3 is 0 Å². The number of halogens is 3. The van der Waals surface area contributed by atoms with E-state index in [0.717, 1.165) is 12.3 Å². The Kier molecular flexibility index (Phi) is 3.27. The van der Waals surface area contributed by atoms with Crippen LogP contribution in [0.5, 0.6) is 0 Å². The highest BCUT2D eigenvalue weighted by atomic mass is 19.4. The summed E-state index contributed by atoms with van der Waals surface area (Å²) in [5.74, 6) is 0. The molecule has 0 spiro atoms. The van der Waals surface area contributed by atoms with Crippen molar-refractivity contribution in [3.05, 3.63) is 36.4 Å². The van der Waals surface area contributed by atoms with Crippen LogP contribution in [0, 0.1) is 0 Å². The fourth-order valence-corrected chi connectivity index (χ4v) is 0.629. The highest BCUT2D eigenvalue weighted by Gasteiger charge is 2.31. The number of hydrogen-bond donors (Lipinski definition) is 2. The first-order valence-electron chi connectivity index (χ1n) is 3.61. The van der Waals surface area contributed by atoms with Crippen LogP contribution in [0.25, 0.3) is 0 Å². The van der Waals surface area contributed by atoms with Gasteiger partial charge in [0.2, 0.25) is 0 Å².